The fourth-order valence-corrected chi connectivity index (χ4v) is 1.90. The third-order valence-corrected chi connectivity index (χ3v) is 2.87. The molecule has 1 unspecified atom stereocenters. The molecule has 0 aromatic heterocycles. The lowest BCUT2D eigenvalue weighted by molar-refractivity contribution is 0.125. The van der Waals surface area contributed by atoms with Gasteiger partial charge in [0, 0.05) is 19.1 Å². The normalized spacial score (nSPS) is 24.9. The highest BCUT2D eigenvalue weighted by Crippen LogP contribution is 2.16. The topological polar surface area (TPSA) is 6.48 Å². The van der Waals surface area contributed by atoms with E-state index in [0.29, 0.717) is 12.0 Å². The molecule has 78 valence electrons. The molecule has 0 aromatic rings. The quantitative estimate of drug-likeness (QED) is 0.618. The molecule has 13 heavy (non-hydrogen) atoms. The Kier molecular flexibility index (Phi) is 4.13. The zero-order valence-corrected chi connectivity index (χ0v) is 8.96. The van der Waals surface area contributed by atoms with Gasteiger partial charge in [0.15, 0.2) is 0 Å². The summed E-state index contributed by atoms with van der Waals surface area (Å²) in [5, 5.41) is 0. The first-order valence-electron chi connectivity index (χ1n) is 5.12. The van der Waals surface area contributed by atoms with Crippen LogP contribution in [0.1, 0.15) is 20.3 Å². The molecule has 1 aliphatic rings. The van der Waals surface area contributed by atoms with Crippen molar-refractivity contribution >= 4 is 0 Å². The van der Waals surface area contributed by atoms with E-state index in [9.17, 15) is 4.39 Å². The van der Waals surface area contributed by atoms with Gasteiger partial charge in [0.05, 0.1) is 0 Å². The Labute approximate surface area is 80.7 Å². The molecule has 2 nitrogen and oxygen atoms in total. The molecule has 0 spiro atoms. The van der Waals surface area contributed by atoms with Crippen LogP contribution in [0, 0.1) is 5.92 Å². The van der Waals surface area contributed by atoms with Crippen molar-refractivity contribution in [2.75, 3.05) is 33.5 Å². The predicted molar refractivity (Wildman–Crippen MR) is 53.4 cm³/mol. The third-order valence-electron chi connectivity index (χ3n) is 2.87. The van der Waals surface area contributed by atoms with Gasteiger partial charge in [-0.15, -0.1) is 0 Å². The molecule has 1 saturated heterocycles. The van der Waals surface area contributed by atoms with E-state index in [1.807, 2.05) is 4.90 Å². The minimum atomic E-state index is -0.308. The van der Waals surface area contributed by atoms with Crippen molar-refractivity contribution < 1.29 is 4.39 Å². The van der Waals surface area contributed by atoms with E-state index in [1.54, 1.807) is 0 Å². The molecular formula is C10H21FN2. The van der Waals surface area contributed by atoms with Crippen LogP contribution in [-0.2, 0) is 0 Å². The van der Waals surface area contributed by atoms with Gasteiger partial charge in [-0.1, -0.05) is 0 Å². The van der Waals surface area contributed by atoms with E-state index >= 15 is 0 Å². The molecule has 3 heteroatoms. The molecule has 0 N–H and O–H groups in total. The SMILES string of the molecule is CC(C)N(CF)CC1CCN(C)C1. The van der Waals surface area contributed by atoms with Crippen LogP contribution in [0.25, 0.3) is 0 Å². The number of alkyl halides is 1. The second kappa shape index (κ2) is 4.91. The monoisotopic (exact) mass is 188 g/mol. The summed E-state index contributed by atoms with van der Waals surface area (Å²) < 4.78 is 12.6. The summed E-state index contributed by atoms with van der Waals surface area (Å²) in [6, 6.07) is 0.330. The molecule has 1 aliphatic heterocycles. The smallest absolute Gasteiger partial charge is 0.143 e. The Morgan fingerprint density at radius 3 is 2.62 bits per heavy atom. The standard InChI is InChI=1S/C10H21FN2/c1-9(2)13(8-11)7-10-4-5-12(3)6-10/h9-10H,4-8H2,1-3H3. The number of rotatable bonds is 4. The van der Waals surface area contributed by atoms with Crippen LogP contribution in [-0.4, -0.2) is 49.3 Å². The molecule has 0 amide bonds. The summed E-state index contributed by atoms with van der Waals surface area (Å²) in [5.74, 6) is 0.670. The Morgan fingerprint density at radius 2 is 2.23 bits per heavy atom. The molecule has 1 fully saturated rings. The van der Waals surface area contributed by atoms with Crippen LogP contribution >= 0.6 is 0 Å². The highest BCUT2D eigenvalue weighted by Gasteiger charge is 2.22. The first-order valence-corrected chi connectivity index (χ1v) is 5.12. The summed E-state index contributed by atoms with van der Waals surface area (Å²) in [6.07, 6.45) is 1.22. The van der Waals surface area contributed by atoms with Crippen molar-refractivity contribution in [1.29, 1.82) is 0 Å². The highest BCUT2D eigenvalue weighted by molar-refractivity contribution is 4.76. The van der Waals surface area contributed by atoms with Crippen molar-refractivity contribution in [3.63, 3.8) is 0 Å². The number of halogens is 1. The van der Waals surface area contributed by atoms with Crippen LogP contribution in [0.2, 0.25) is 0 Å². The Bertz CT molecular complexity index is 150. The Balaban J connectivity index is 2.30. The van der Waals surface area contributed by atoms with E-state index in [1.165, 1.54) is 13.0 Å². The molecule has 1 rings (SSSR count). The summed E-state index contributed by atoms with van der Waals surface area (Å²) in [6.45, 7) is 7.01. The van der Waals surface area contributed by atoms with Gasteiger partial charge < -0.3 is 4.90 Å². The van der Waals surface area contributed by atoms with Crippen LogP contribution in [0.4, 0.5) is 4.39 Å². The van der Waals surface area contributed by atoms with Gasteiger partial charge in [-0.05, 0) is 39.8 Å². The average molecular weight is 188 g/mol. The van der Waals surface area contributed by atoms with Gasteiger partial charge in [0.25, 0.3) is 0 Å². The van der Waals surface area contributed by atoms with Gasteiger partial charge in [-0.2, -0.15) is 0 Å². The summed E-state index contributed by atoms with van der Waals surface area (Å²) in [4.78, 5) is 4.23. The minimum Gasteiger partial charge on any atom is -0.306 e. The molecular weight excluding hydrogens is 167 g/mol. The van der Waals surface area contributed by atoms with Gasteiger partial charge in [-0.3, -0.25) is 4.90 Å². The van der Waals surface area contributed by atoms with Gasteiger partial charge in [-0.25, -0.2) is 4.39 Å². The third kappa shape index (κ3) is 3.24. The first-order chi connectivity index (χ1) is 6.13. The summed E-state index contributed by atoms with van der Waals surface area (Å²) >= 11 is 0. The second-order valence-electron chi connectivity index (χ2n) is 4.40. The van der Waals surface area contributed by atoms with Crippen LogP contribution in [0.3, 0.4) is 0 Å². The maximum Gasteiger partial charge on any atom is 0.143 e. The first kappa shape index (κ1) is 10.9. The average Bonchev–Trinajstić information content (AvgIpc) is 2.46. The van der Waals surface area contributed by atoms with E-state index < -0.39 is 0 Å². The number of hydrogen-bond donors (Lipinski definition) is 0. The Hall–Kier alpha value is -0.150. The zero-order chi connectivity index (χ0) is 9.84. The molecule has 0 saturated carbocycles. The maximum atomic E-state index is 12.6. The van der Waals surface area contributed by atoms with Crippen LogP contribution in [0.15, 0.2) is 0 Å². The van der Waals surface area contributed by atoms with E-state index in [4.69, 9.17) is 0 Å². The van der Waals surface area contributed by atoms with Crippen molar-refractivity contribution in [1.82, 2.24) is 9.80 Å². The molecule has 0 bridgehead atoms. The molecule has 0 aromatic carbocycles. The van der Waals surface area contributed by atoms with Gasteiger partial charge >= 0.3 is 0 Å². The summed E-state index contributed by atoms with van der Waals surface area (Å²) in [7, 11) is 2.13. The Morgan fingerprint density at radius 1 is 1.54 bits per heavy atom. The van der Waals surface area contributed by atoms with Gasteiger partial charge in [0.2, 0.25) is 0 Å². The van der Waals surface area contributed by atoms with Crippen molar-refractivity contribution in [2.24, 2.45) is 5.92 Å². The minimum absolute atomic E-state index is 0.308. The van der Waals surface area contributed by atoms with E-state index in [0.717, 1.165) is 13.1 Å². The molecule has 1 atom stereocenters. The zero-order valence-electron chi connectivity index (χ0n) is 8.96. The molecule has 0 radical (unpaired) electrons. The largest absolute Gasteiger partial charge is 0.306 e. The van der Waals surface area contributed by atoms with Crippen molar-refractivity contribution in [3.05, 3.63) is 0 Å². The van der Waals surface area contributed by atoms with E-state index in [-0.39, 0.29) is 6.80 Å². The number of nitrogens with zero attached hydrogens (tertiary/aromatic N) is 2. The predicted octanol–water partition coefficient (Wildman–Crippen LogP) is 1.58. The van der Waals surface area contributed by atoms with Crippen molar-refractivity contribution in [3.8, 4) is 0 Å². The fraction of sp³-hybridized carbons (Fsp3) is 1.00. The maximum absolute atomic E-state index is 12.6. The fourth-order valence-electron chi connectivity index (χ4n) is 1.90. The number of hydrogen-bond acceptors (Lipinski definition) is 2. The van der Waals surface area contributed by atoms with Crippen molar-refractivity contribution in [2.45, 2.75) is 26.3 Å². The lowest BCUT2D eigenvalue weighted by Crippen LogP contribution is -2.35. The second-order valence-corrected chi connectivity index (χ2v) is 4.40. The van der Waals surface area contributed by atoms with Crippen LogP contribution < -0.4 is 0 Å². The number of likely N-dealkylation sites (tertiary alicyclic amines) is 1. The lowest BCUT2D eigenvalue weighted by atomic mass is 10.1. The molecule has 1 heterocycles. The lowest BCUT2D eigenvalue weighted by Gasteiger charge is -2.25. The highest BCUT2D eigenvalue weighted by atomic mass is 19.1. The molecule has 0 aliphatic carbocycles. The summed E-state index contributed by atoms with van der Waals surface area (Å²) in [5.41, 5.74) is 0. The van der Waals surface area contributed by atoms with E-state index in [2.05, 4.69) is 25.8 Å². The van der Waals surface area contributed by atoms with Gasteiger partial charge in [0.1, 0.15) is 6.80 Å². The van der Waals surface area contributed by atoms with Crippen LogP contribution in [0.5, 0.6) is 0 Å².